The minimum absolute atomic E-state index is 0.243. The Bertz CT molecular complexity index is 1280. The average Bonchev–Trinajstić information content (AvgIpc) is 3.47. The SMILES string of the molecule is Cc1nccc2sc(-c3nc4nc(O[C@@H]5COC6C5OC[C@H]6O)[nH]c4cc3Cl)nc12. The molecule has 0 bridgehead atoms. The summed E-state index contributed by atoms with van der Waals surface area (Å²) in [6.07, 6.45) is 0.0901. The van der Waals surface area contributed by atoms with E-state index in [1.54, 1.807) is 12.3 Å². The first-order valence-electron chi connectivity index (χ1n) is 9.43. The molecular weight excluding hydrogens is 430 g/mol. The number of hydrogen-bond donors (Lipinski definition) is 2. The van der Waals surface area contributed by atoms with Crippen molar-refractivity contribution in [3.05, 3.63) is 29.0 Å². The lowest BCUT2D eigenvalue weighted by molar-refractivity contribution is 0.00706. The van der Waals surface area contributed by atoms with Gasteiger partial charge in [-0.2, -0.15) is 4.98 Å². The maximum atomic E-state index is 9.87. The van der Waals surface area contributed by atoms with Crippen molar-refractivity contribution in [2.45, 2.75) is 31.3 Å². The second-order valence-electron chi connectivity index (χ2n) is 7.31. The summed E-state index contributed by atoms with van der Waals surface area (Å²) in [6.45, 7) is 2.49. The van der Waals surface area contributed by atoms with E-state index >= 15 is 0 Å². The number of pyridine rings is 2. The van der Waals surface area contributed by atoms with Crippen LogP contribution in [0.2, 0.25) is 5.02 Å². The molecule has 2 N–H and O–H groups in total. The van der Waals surface area contributed by atoms with Gasteiger partial charge in [0.25, 0.3) is 6.01 Å². The Morgan fingerprint density at radius 1 is 1.23 bits per heavy atom. The van der Waals surface area contributed by atoms with Gasteiger partial charge in [-0.15, -0.1) is 11.3 Å². The van der Waals surface area contributed by atoms with Crippen molar-refractivity contribution in [2.24, 2.45) is 0 Å². The van der Waals surface area contributed by atoms with E-state index in [2.05, 4.69) is 24.9 Å². The summed E-state index contributed by atoms with van der Waals surface area (Å²) in [4.78, 5) is 21.1. The van der Waals surface area contributed by atoms with Crippen molar-refractivity contribution in [1.29, 1.82) is 0 Å². The van der Waals surface area contributed by atoms with Gasteiger partial charge >= 0.3 is 0 Å². The topological polar surface area (TPSA) is 115 Å². The number of aliphatic hydroxyl groups is 1. The monoisotopic (exact) mass is 445 g/mol. The first kappa shape index (κ1) is 18.4. The molecule has 0 aromatic carbocycles. The Kier molecular flexibility index (Phi) is 4.19. The predicted molar refractivity (Wildman–Crippen MR) is 110 cm³/mol. The molecule has 6 rings (SSSR count). The number of nitrogens with one attached hydrogen (secondary N) is 1. The van der Waals surface area contributed by atoms with Crippen LogP contribution < -0.4 is 4.74 Å². The third-order valence-corrected chi connectivity index (χ3v) is 6.66. The van der Waals surface area contributed by atoms with E-state index in [0.29, 0.717) is 39.5 Å². The van der Waals surface area contributed by atoms with Crippen LogP contribution in [0, 0.1) is 6.92 Å². The number of fused-ring (bicyclic) bond motifs is 3. The van der Waals surface area contributed by atoms with Gasteiger partial charge in [0.15, 0.2) is 11.8 Å². The molecule has 2 aliphatic rings. The van der Waals surface area contributed by atoms with Crippen LogP contribution >= 0.6 is 22.9 Å². The van der Waals surface area contributed by atoms with Gasteiger partial charge in [0, 0.05) is 6.20 Å². The normalized spacial score (nSPS) is 26.0. The number of aromatic nitrogens is 5. The highest BCUT2D eigenvalue weighted by molar-refractivity contribution is 7.21. The summed E-state index contributed by atoms with van der Waals surface area (Å²) in [7, 11) is 0. The number of H-pyrrole nitrogens is 1. The molecule has 4 aromatic heterocycles. The second kappa shape index (κ2) is 6.82. The van der Waals surface area contributed by atoms with E-state index in [1.807, 2.05) is 13.0 Å². The molecular formula is C19H16ClN5O4S. The van der Waals surface area contributed by atoms with Crippen LogP contribution in [0.25, 0.3) is 32.1 Å². The molecule has 2 unspecified atom stereocenters. The summed E-state index contributed by atoms with van der Waals surface area (Å²) in [5, 5.41) is 11.0. The van der Waals surface area contributed by atoms with Gasteiger partial charge in [0.05, 0.1) is 34.1 Å². The van der Waals surface area contributed by atoms with Crippen LogP contribution in [0.15, 0.2) is 18.3 Å². The minimum Gasteiger partial charge on any atom is -0.456 e. The molecule has 11 heteroatoms. The Morgan fingerprint density at radius 3 is 2.97 bits per heavy atom. The maximum absolute atomic E-state index is 9.87. The molecule has 2 saturated heterocycles. The van der Waals surface area contributed by atoms with Crippen LogP contribution in [-0.2, 0) is 9.47 Å². The smallest absolute Gasteiger partial charge is 0.296 e. The first-order valence-corrected chi connectivity index (χ1v) is 10.6. The molecule has 0 amide bonds. The zero-order valence-corrected chi connectivity index (χ0v) is 17.3. The molecule has 30 heavy (non-hydrogen) atoms. The number of aryl methyl sites for hydroxylation is 1. The van der Waals surface area contributed by atoms with E-state index in [4.69, 9.17) is 25.8 Å². The van der Waals surface area contributed by atoms with Crippen molar-refractivity contribution in [2.75, 3.05) is 13.2 Å². The largest absolute Gasteiger partial charge is 0.456 e. The highest BCUT2D eigenvalue weighted by Gasteiger charge is 2.48. The van der Waals surface area contributed by atoms with E-state index < -0.39 is 6.10 Å². The molecule has 4 aromatic rings. The summed E-state index contributed by atoms with van der Waals surface area (Å²) >= 11 is 8.01. The molecule has 0 radical (unpaired) electrons. The highest BCUT2D eigenvalue weighted by Crippen LogP contribution is 2.35. The van der Waals surface area contributed by atoms with Crippen molar-refractivity contribution in [3.63, 3.8) is 0 Å². The van der Waals surface area contributed by atoms with Gasteiger partial charge in [0.1, 0.15) is 34.5 Å². The maximum Gasteiger partial charge on any atom is 0.296 e. The second-order valence-corrected chi connectivity index (χ2v) is 8.75. The summed E-state index contributed by atoms with van der Waals surface area (Å²) in [6, 6.07) is 3.99. The fourth-order valence-electron chi connectivity index (χ4n) is 3.87. The minimum atomic E-state index is -0.630. The summed E-state index contributed by atoms with van der Waals surface area (Å²) in [5.74, 6) is 0. The molecule has 2 aliphatic heterocycles. The van der Waals surface area contributed by atoms with Crippen molar-refractivity contribution < 1.29 is 19.3 Å². The summed E-state index contributed by atoms with van der Waals surface area (Å²) < 4.78 is 18.1. The van der Waals surface area contributed by atoms with Crippen LogP contribution in [0.4, 0.5) is 0 Å². The van der Waals surface area contributed by atoms with Gasteiger partial charge in [-0.3, -0.25) is 4.98 Å². The van der Waals surface area contributed by atoms with E-state index in [0.717, 1.165) is 15.9 Å². The number of imidazole rings is 1. The van der Waals surface area contributed by atoms with Gasteiger partial charge in [0.2, 0.25) is 0 Å². The van der Waals surface area contributed by atoms with Gasteiger partial charge in [-0.05, 0) is 19.1 Å². The van der Waals surface area contributed by atoms with E-state index in [9.17, 15) is 5.11 Å². The molecule has 6 heterocycles. The van der Waals surface area contributed by atoms with Crippen LogP contribution in [0.1, 0.15) is 5.69 Å². The fraction of sp³-hybridized carbons (Fsp3) is 0.368. The number of aliphatic hydroxyl groups excluding tert-OH is 1. The zero-order chi connectivity index (χ0) is 20.4. The molecule has 154 valence electrons. The predicted octanol–water partition coefficient (Wildman–Crippen LogP) is 2.50. The molecule has 0 saturated carbocycles. The van der Waals surface area contributed by atoms with Gasteiger partial charge in [-0.1, -0.05) is 11.6 Å². The molecule has 2 fully saturated rings. The number of rotatable bonds is 3. The fourth-order valence-corrected chi connectivity index (χ4v) is 5.19. The van der Waals surface area contributed by atoms with E-state index in [-0.39, 0.29) is 24.9 Å². The van der Waals surface area contributed by atoms with E-state index in [1.165, 1.54) is 11.3 Å². The Balaban J connectivity index is 1.33. The lowest BCUT2D eigenvalue weighted by atomic mass is 10.1. The Hall–Kier alpha value is -2.37. The highest BCUT2D eigenvalue weighted by atomic mass is 35.5. The number of hydrogen-bond acceptors (Lipinski definition) is 9. The molecule has 0 spiro atoms. The van der Waals surface area contributed by atoms with Crippen LogP contribution in [0.5, 0.6) is 6.01 Å². The van der Waals surface area contributed by atoms with Crippen LogP contribution in [0.3, 0.4) is 0 Å². The lowest BCUT2D eigenvalue weighted by Gasteiger charge is -2.15. The molecule has 0 aliphatic carbocycles. The zero-order valence-electron chi connectivity index (χ0n) is 15.7. The van der Waals surface area contributed by atoms with Crippen molar-refractivity contribution in [3.8, 4) is 16.7 Å². The van der Waals surface area contributed by atoms with Gasteiger partial charge < -0.3 is 24.3 Å². The lowest BCUT2D eigenvalue weighted by Crippen LogP contribution is -2.34. The standard InChI is InChI=1S/C19H16ClN5O4S/c1-7-13-12(2-3-21-7)30-18(24-13)14-8(20)4-9-17(23-14)25-19(22-9)29-11-6-28-15-10(26)5-27-16(11)15/h2-4,10-11,15-16,26H,5-6H2,1H3,(H,22,23,25)/t10-,11-,15?,16?/m1/s1. The number of halogens is 1. The van der Waals surface area contributed by atoms with Crippen LogP contribution in [-0.4, -0.2) is 67.7 Å². The number of ether oxygens (including phenoxy) is 3. The third-order valence-electron chi connectivity index (χ3n) is 5.34. The first-order chi connectivity index (χ1) is 14.6. The third kappa shape index (κ3) is 2.87. The summed E-state index contributed by atoms with van der Waals surface area (Å²) in [5.41, 5.74) is 3.39. The Labute approximate surface area is 179 Å². The van der Waals surface area contributed by atoms with Crippen molar-refractivity contribution >= 4 is 44.3 Å². The molecule has 9 nitrogen and oxygen atoms in total. The molecule has 4 atom stereocenters. The average molecular weight is 446 g/mol. The van der Waals surface area contributed by atoms with Gasteiger partial charge in [-0.25, -0.2) is 9.97 Å². The number of thiazole rings is 1. The quantitative estimate of drug-likeness (QED) is 0.494. The Morgan fingerprint density at radius 2 is 2.10 bits per heavy atom. The number of aromatic amines is 1. The van der Waals surface area contributed by atoms with Crippen molar-refractivity contribution in [1.82, 2.24) is 24.9 Å². The number of nitrogens with zero attached hydrogens (tertiary/aromatic N) is 4.